The SMILES string of the molecule is CN(C)c1ccc(C(=O)N2C[C@@H]3C[C@H](C2)c2ccc(NS(=O)(=O)c4cccs4)c(=O)n2C3)cc1. The zero-order valence-corrected chi connectivity index (χ0v) is 20.6. The predicted octanol–water partition coefficient (Wildman–Crippen LogP) is 3.04. The van der Waals surface area contributed by atoms with E-state index in [2.05, 4.69) is 4.72 Å². The average Bonchev–Trinajstić information content (AvgIpc) is 3.37. The number of benzene rings is 1. The third-order valence-electron chi connectivity index (χ3n) is 6.53. The van der Waals surface area contributed by atoms with E-state index < -0.39 is 10.0 Å². The first-order chi connectivity index (χ1) is 16.2. The Kier molecular flexibility index (Phi) is 5.73. The summed E-state index contributed by atoms with van der Waals surface area (Å²) >= 11 is 1.10. The molecule has 1 saturated heterocycles. The lowest BCUT2D eigenvalue weighted by molar-refractivity contribution is 0.0594. The highest BCUT2D eigenvalue weighted by molar-refractivity contribution is 7.94. The number of carbonyl (C=O) groups excluding carboxylic acids is 1. The van der Waals surface area contributed by atoms with Gasteiger partial charge in [-0.15, -0.1) is 11.3 Å². The molecule has 5 rings (SSSR count). The molecule has 2 aromatic heterocycles. The number of thiophene rings is 1. The van der Waals surface area contributed by atoms with Crippen molar-refractivity contribution in [2.45, 2.75) is 23.1 Å². The first-order valence-corrected chi connectivity index (χ1v) is 13.5. The Bertz CT molecular complexity index is 1380. The monoisotopic (exact) mass is 498 g/mol. The molecule has 1 aromatic carbocycles. The minimum atomic E-state index is -3.80. The maximum absolute atomic E-state index is 13.2. The van der Waals surface area contributed by atoms with Crippen LogP contribution in [0.5, 0.6) is 0 Å². The maximum atomic E-state index is 13.2. The Labute approximate surface area is 202 Å². The van der Waals surface area contributed by atoms with E-state index in [-0.39, 0.29) is 33.2 Å². The molecule has 0 radical (unpaired) electrons. The van der Waals surface area contributed by atoms with Crippen LogP contribution < -0.4 is 15.2 Å². The fraction of sp³-hybridized carbons (Fsp3) is 0.333. The van der Waals surface area contributed by atoms with Gasteiger partial charge in [0.25, 0.3) is 21.5 Å². The first-order valence-electron chi connectivity index (χ1n) is 11.1. The van der Waals surface area contributed by atoms with Gasteiger partial charge in [-0.3, -0.25) is 14.3 Å². The van der Waals surface area contributed by atoms with Gasteiger partial charge in [-0.25, -0.2) is 8.42 Å². The van der Waals surface area contributed by atoms with E-state index in [1.165, 1.54) is 6.07 Å². The second kappa shape index (κ2) is 8.59. The van der Waals surface area contributed by atoms with Crippen LogP contribution in [0.4, 0.5) is 11.4 Å². The summed E-state index contributed by atoms with van der Waals surface area (Å²) in [7, 11) is 0.120. The van der Waals surface area contributed by atoms with Crippen LogP contribution in [-0.2, 0) is 16.6 Å². The molecule has 0 saturated carbocycles. The first kappa shape index (κ1) is 22.7. The van der Waals surface area contributed by atoms with Gasteiger partial charge in [-0.05, 0) is 60.2 Å². The third kappa shape index (κ3) is 4.12. The number of amides is 1. The van der Waals surface area contributed by atoms with Gasteiger partial charge in [0.05, 0.1) is 0 Å². The van der Waals surface area contributed by atoms with Crippen LogP contribution in [0.2, 0.25) is 0 Å². The topological polar surface area (TPSA) is 91.7 Å². The normalized spacial score (nSPS) is 19.4. The molecule has 2 bridgehead atoms. The zero-order valence-electron chi connectivity index (χ0n) is 19.0. The summed E-state index contributed by atoms with van der Waals surface area (Å²) in [5.74, 6) is 0.169. The Morgan fingerprint density at radius 2 is 1.82 bits per heavy atom. The van der Waals surface area contributed by atoms with Crippen LogP contribution in [0, 0.1) is 5.92 Å². The number of hydrogen-bond acceptors (Lipinski definition) is 6. The van der Waals surface area contributed by atoms with E-state index in [9.17, 15) is 18.0 Å². The van der Waals surface area contributed by atoms with Crippen molar-refractivity contribution in [1.82, 2.24) is 9.47 Å². The Balaban J connectivity index is 1.37. The number of fused-ring (bicyclic) bond motifs is 4. The number of aromatic nitrogens is 1. The lowest BCUT2D eigenvalue weighted by Crippen LogP contribution is -2.49. The van der Waals surface area contributed by atoms with Gasteiger partial charge in [0.2, 0.25) is 0 Å². The van der Waals surface area contributed by atoms with Crippen molar-refractivity contribution >= 4 is 38.6 Å². The van der Waals surface area contributed by atoms with Gasteiger partial charge < -0.3 is 14.4 Å². The summed E-state index contributed by atoms with van der Waals surface area (Å²) < 4.78 is 29.5. The number of nitrogens with zero attached hydrogens (tertiary/aromatic N) is 3. The molecule has 2 aliphatic rings. The summed E-state index contributed by atoms with van der Waals surface area (Å²) in [4.78, 5) is 30.2. The van der Waals surface area contributed by atoms with E-state index >= 15 is 0 Å². The molecule has 1 fully saturated rings. The molecule has 1 amide bonds. The van der Waals surface area contributed by atoms with E-state index in [1.807, 2.05) is 54.2 Å². The minimum Gasteiger partial charge on any atom is -0.378 e. The van der Waals surface area contributed by atoms with Crippen molar-refractivity contribution in [1.29, 1.82) is 0 Å². The highest BCUT2D eigenvalue weighted by Crippen LogP contribution is 2.36. The van der Waals surface area contributed by atoms with Gasteiger partial charge in [0.1, 0.15) is 9.90 Å². The number of nitrogens with one attached hydrogen (secondary N) is 1. The van der Waals surface area contributed by atoms with Crippen molar-refractivity contribution in [2.75, 3.05) is 36.8 Å². The standard InChI is InChI=1S/C24H26N4O4S2/c1-26(2)19-7-5-17(6-8-19)23(29)27-13-16-12-18(15-27)21-10-9-20(24(30)28(21)14-16)25-34(31,32)22-4-3-11-33-22/h3-11,16,18,25H,12-15H2,1-2H3/t16-,18+/m0/s1. The van der Waals surface area contributed by atoms with Gasteiger partial charge in [-0.2, -0.15) is 0 Å². The Morgan fingerprint density at radius 3 is 2.50 bits per heavy atom. The van der Waals surface area contributed by atoms with E-state index in [0.29, 0.717) is 25.2 Å². The predicted molar refractivity (Wildman–Crippen MR) is 133 cm³/mol. The van der Waals surface area contributed by atoms with Crippen LogP contribution in [0.1, 0.15) is 28.4 Å². The third-order valence-corrected chi connectivity index (χ3v) is 9.29. The van der Waals surface area contributed by atoms with Crippen LogP contribution in [-0.4, -0.2) is 51.0 Å². The van der Waals surface area contributed by atoms with Crippen LogP contribution in [0.15, 0.2) is 62.9 Å². The molecule has 2 atom stereocenters. The van der Waals surface area contributed by atoms with E-state index in [4.69, 9.17) is 0 Å². The number of anilines is 2. The summed E-state index contributed by atoms with van der Waals surface area (Å²) in [6.07, 6.45) is 0.906. The van der Waals surface area contributed by atoms with Crippen molar-refractivity contribution in [3.8, 4) is 0 Å². The molecule has 4 heterocycles. The number of carbonyl (C=O) groups is 1. The van der Waals surface area contributed by atoms with Gasteiger partial charge in [-0.1, -0.05) is 6.07 Å². The lowest BCUT2D eigenvalue weighted by Gasteiger charge is -2.43. The summed E-state index contributed by atoms with van der Waals surface area (Å²) in [6, 6.07) is 14.1. The number of likely N-dealkylation sites (tertiary alicyclic amines) is 1. The number of pyridine rings is 1. The van der Waals surface area contributed by atoms with Crippen molar-refractivity contribution in [3.05, 3.63) is 75.5 Å². The van der Waals surface area contributed by atoms with Crippen LogP contribution >= 0.6 is 11.3 Å². The molecule has 2 aliphatic heterocycles. The zero-order chi connectivity index (χ0) is 24.0. The van der Waals surface area contributed by atoms with Crippen LogP contribution in [0.25, 0.3) is 0 Å². The molecule has 178 valence electrons. The quantitative estimate of drug-likeness (QED) is 0.584. The fourth-order valence-corrected chi connectivity index (χ4v) is 6.94. The molecule has 0 aliphatic carbocycles. The average molecular weight is 499 g/mol. The number of piperidine rings is 1. The van der Waals surface area contributed by atoms with E-state index in [1.54, 1.807) is 22.1 Å². The smallest absolute Gasteiger partial charge is 0.275 e. The van der Waals surface area contributed by atoms with Gasteiger partial charge in [0.15, 0.2) is 0 Å². The lowest BCUT2D eigenvalue weighted by atomic mass is 9.83. The number of sulfonamides is 1. The molecular weight excluding hydrogens is 472 g/mol. The Hall–Kier alpha value is -3.11. The molecule has 8 nitrogen and oxygen atoms in total. The highest BCUT2D eigenvalue weighted by atomic mass is 32.2. The summed E-state index contributed by atoms with van der Waals surface area (Å²) in [5, 5.41) is 1.68. The summed E-state index contributed by atoms with van der Waals surface area (Å²) in [6.45, 7) is 1.56. The molecule has 3 aromatic rings. The second-order valence-electron chi connectivity index (χ2n) is 9.08. The van der Waals surface area contributed by atoms with E-state index in [0.717, 1.165) is 29.1 Å². The van der Waals surface area contributed by atoms with Gasteiger partial charge in [0, 0.05) is 56.6 Å². The number of rotatable bonds is 5. The molecule has 0 spiro atoms. The minimum absolute atomic E-state index is 0.00358. The maximum Gasteiger partial charge on any atom is 0.275 e. The second-order valence-corrected chi connectivity index (χ2v) is 11.9. The molecule has 10 heteroatoms. The molecule has 34 heavy (non-hydrogen) atoms. The van der Waals surface area contributed by atoms with Gasteiger partial charge >= 0.3 is 0 Å². The number of hydrogen-bond donors (Lipinski definition) is 1. The van der Waals surface area contributed by atoms with Crippen molar-refractivity contribution < 1.29 is 13.2 Å². The molecule has 1 N–H and O–H groups in total. The Morgan fingerprint density at radius 1 is 1.06 bits per heavy atom. The van der Waals surface area contributed by atoms with Crippen molar-refractivity contribution in [2.24, 2.45) is 5.92 Å². The van der Waals surface area contributed by atoms with Crippen molar-refractivity contribution in [3.63, 3.8) is 0 Å². The van der Waals surface area contributed by atoms with Crippen LogP contribution in [0.3, 0.4) is 0 Å². The highest BCUT2D eigenvalue weighted by Gasteiger charge is 2.37. The largest absolute Gasteiger partial charge is 0.378 e. The summed E-state index contributed by atoms with van der Waals surface area (Å²) in [5.41, 5.74) is 2.24. The fourth-order valence-electron chi connectivity index (χ4n) is 4.89. The molecular formula is C24H26N4O4S2. The molecule has 0 unspecified atom stereocenters.